The van der Waals surface area contributed by atoms with Gasteiger partial charge in [-0.2, -0.15) is 0 Å². The van der Waals surface area contributed by atoms with Crippen LogP contribution in [-0.2, 0) is 30.6 Å². The fourth-order valence-corrected chi connectivity index (χ4v) is 5.06. The van der Waals surface area contributed by atoms with Crippen LogP contribution < -0.4 is 0 Å². The van der Waals surface area contributed by atoms with E-state index in [0.29, 0.717) is 24.4 Å². The lowest BCUT2D eigenvalue weighted by Gasteiger charge is -2.12. The van der Waals surface area contributed by atoms with Crippen LogP contribution in [0.15, 0.2) is 29.2 Å². The Hall–Kier alpha value is -1.18. The molecule has 0 spiro atoms. The summed E-state index contributed by atoms with van der Waals surface area (Å²) in [7, 11) is -4.04. The third-order valence-electron chi connectivity index (χ3n) is 4.07. The van der Waals surface area contributed by atoms with Crippen molar-refractivity contribution >= 4 is 32.6 Å². The van der Waals surface area contributed by atoms with Crippen LogP contribution in [0, 0.1) is 6.92 Å². The zero-order valence-corrected chi connectivity index (χ0v) is 17.2. The molecule has 0 radical (unpaired) electrons. The maximum absolute atomic E-state index is 11.6. The SMILES string of the molecule is CCCCCC(=O)C[S+]1CCC(=O)CC1.Cc1ccc(S(=O)(=O)[O-])cc1. The fourth-order valence-electron chi connectivity index (χ4n) is 2.46. The summed E-state index contributed by atoms with van der Waals surface area (Å²) in [5, 5.41) is 0. The standard InChI is InChI=1S/C12H21O2S.C7H8O3S/c1-2-3-4-5-12(14)10-15-8-6-11(13)7-9-15;1-6-2-4-7(5-3-6)11(8,9)10/h2-10H2,1H3;2-5H,1H3,(H,8,9,10)/q+1;/p-1. The van der Waals surface area contributed by atoms with Gasteiger partial charge in [-0.05, 0) is 36.4 Å². The molecule has 0 bridgehead atoms. The van der Waals surface area contributed by atoms with Gasteiger partial charge in [0.15, 0.2) is 11.5 Å². The molecule has 0 aliphatic carbocycles. The molecule has 0 saturated carbocycles. The molecule has 0 N–H and O–H groups in total. The maximum Gasteiger partial charge on any atom is 0.181 e. The first kappa shape index (κ1) is 22.9. The summed E-state index contributed by atoms with van der Waals surface area (Å²) >= 11 is 0. The Bertz CT molecular complexity index is 670. The Kier molecular flexibility index (Phi) is 10.1. The van der Waals surface area contributed by atoms with Gasteiger partial charge in [-0.25, -0.2) is 8.42 Å². The van der Waals surface area contributed by atoms with E-state index in [-0.39, 0.29) is 15.8 Å². The van der Waals surface area contributed by atoms with Crippen molar-refractivity contribution < 1.29 is 22.6 Å². The summed E-state index contributed by atoms with van der Waals surface area (Å²) in [6, 6.07) is 5.78. The lowest BCUT2D eigenvalue weighted by atomic mass is 10.2. The second-order valence-electron chi connectivity index (χ2n) is 6.47. The summed E-state index contributed by atoms with van der Waals surface area (Å²) in [6.45, 7) is 3.97. The van der Waals surface area contributed by atoms with Gasteiger partial charge in [-0.1, -0.05) is 37.5 Å². The molecule has 1 aliphatic heterocycles. The molecule has 1 heterocycles. The molecule has 1 fully saturated rings. The van der Waals surface area contributed by atoms with Crippen molar-refractivity contribution in [3.05, 3.63) is 29.8 Å². The number of Topliss-reactive ketones (excluding diaryl/α,β-unsaturated/α-hetero) is 2. The molecule has 0 unspecified atom stereocenters. The topological polar surface area (TPSA) is 91.3 Å². The van der Waals surface area contributed by atoms with Gasteiger partial charge in [0.1, 0.15) is 27.4 Å². The highest BCUT2D eigenvalue weighted by molar-refractivity contribution is 7.97. The van der Waals surface area contributed by atoms with Crippen molar-refractivity contribution in [1.29, 1.82) is 0 Å². The predicted octanol–water partition coefficient (Wildman–Crippen LogP) is 3.02. The molecule has 7 heteroatoms. The highest BCUT2D eigenvalue weighted by Crippen LogP contribution is 2.12. The van der Waals surface area contributed by atoms with E-state index < -0.39 is 10.1 Å². The van der Waals surface area contributed by atoms with Gasteiger partial charge in [-0.3, -0.25) is 9.59 Å². The van der Waals surface area contributed by atoms with E-state index in [1.165, 1.54) is 18.6 Å². The van der Waals surface area contributed by atoms with Gasteiger partial charge in [0.2, 0.25) is 0 Å². The van der Waals surface area contributed by atoms with E-state index >= 15 is 0 Å². The first-order valence-electron chi connectivity index (χ1n) is 8.92. The fraction of sp³-hybridized carbons (Fsp3) is 0.579. The van der Waals surface area contributed by atoms with E-state index in [2.05, 4.69) is 6.92 Å². The maximum atomic E-state index is 11.6. The Morgan fingerprint density at radius 1 is 1.12 bits per heavy atom. The van der Waals surface area contributed by atoms with Gasteiger partial charge >= 0.3 is 0 Å². The van der Waals surface area contributed by atoms with Gasteiger partial charge in [-0.15, -0.1) is 0 Å². The molecule has 1 aromatic carbocycles. The molecule has 0 aromatic heterocycles. The summed E-state index contributed by atoms with van der Waals surface area (Å²) in [5.41, 5.74) is 0.928. The molecule has 26 heavy (non-hydrogen) atoms. The van der Waals surface area contributed by atoms with E-state index in [0.717, 1.165) is 42.1 Å². The molecular formula is C19H28O5S2. The second kappa shape index (κ2) is 11.5. The Morgan fingerprint density at radius 2 is 1.69 bits per heavy atom. The summed E-state index contributed by atoms with van der Waals surface area (Å²) in [4.78, 5) is 22.4. The molecule has 0 atom stereocenters. The summed E-state index contributed by atoms with van der Waals surface area (Å²) in [5.74, 6) is 3.49. The van der Waals surface area contributed by atoms with E-state index in [4.69, 9.17) is 0 Å². The van der Waals surface area contributed by atoms with E-state index in [1.54, 1.807) is 12.1 Å². The highest BCUT2D eigenvalue weighted by atomic mass is 32.2. The van der Waals surface area contributed by atoms with E-state index in [1.807, 2.05) is 6.92 Å². The second-order valence-corrected chi connectivity index (χ2v) is 10.2. The lowest BCUT2D eigenvalue weighted by molar-refractivity contribution is -0.119. The van der Waals surface area contributed by atoms with Crippen molar-refractivity contribution in [2.75, 3.05) is 17.3 Å². The van der Waals surface area contributed by atoms with Crippen molar-refractivity contribution in [2.24, 2.45) is 0 Å². The zero-order valence-electron chi connectivity index (χ0n) is 15.5. The first-order valence-corrected chi connectivity index (χ1v) is 12.1. The minimum atomic E-state index is -4.27. The van der Waals surface area contributed by atoms with Crippen LogP contribution in [0.3, 0.4) is 0 Å². The van der Waals surface area contributed by atoms with Crippen LogP contribution in [0.1, 0.15) is 51.0 Å². The van der Waals surface area contributed by atoms with Crippen molar-refractivity contribution in [3.63, 3.8) is 0 Å². The average molecular weight is 401 g/mol. The van der Waals surface area contributed by atoms with Crippen LogP contribution in [0.25, 0.3) is 0 Å². The molecular weight excluding hydrogens is 372 g/mol. The van der Waals surface area contributed by atoms with Crippen molar-refractivity contribution in [3.8, 4) is 0 Å². The third-order valence-corrected chi connectivity index (χ3v) is 7.22. The minimum absolute atomic E-state index is 0.178. The quantitative estimate of drug-likeness (QED) is 0.398. The number of hydrogen-bond acceptors (Lipinski definition) is 5. The largest absolute Gasteiger partial charge is 0.744 e. The number of benzene rings is 1. The molecule has 1 aromatic rings. The molecule has 1 aliphatic rings. The number of rotatable bonds is 7. The van der Waals surface area contributed by atoms with Crippen molar-refractivity contribution in [2.45, 2.75) is 57.3 Å². The minimum Gasteiger partial charge on any atom is -0.744 e. The van der Waals surface area contributed by atoms with Crippen LogP contribution in [0.4, 0.5) is 0 Å². The molecule has 1 saturated heterocycles. The normalized spacial score (nSPS) is 15.3. The number of hydrogen-bond donors (Lipinski definition) is 0. The Balaban J connectivity index is 0.000000273. The van der Waals surface area contributed by atoms with Crippen molar-refractivity contribution in [1.82, 2.24) is 0 Å². The Labute approximate surface area is 159 Å². The van der Waals surface area contributed by atoms with Gasteiger partial charge in [0.25, 0.3) is 0 Å². The third kappa shape index (κ3) is 9.50. The molecule has 2 rings (SSSR count). The van der Waals surface area contributed by atoms with Gasteiger partial charge in [0.05, 0.1) is 17.7 Å². The van der Waals surface area contributed by atoms with Crippen LogP contribution in [-0.4, -0.2) is 41.8 Å². The molecule has 0 amide bonds. The lowest BCUT2D eigenvalue weighted by Crippen LogP contribution is -2.29. The highest BCUT2D eigenvalue weighted by Gasteiger charge is 2.28. The Morgan fingerprint density at radius 3 is 2.19 bits per heavy atom. The molecule has 5 nitrogen and oxygen atoms in total. The number of carbonyl (C=O) groups is 2. The number of aryl methyl sites for hydroxylation is 1. The number of ketones is 2. The zero-order chi connectivity index (χ0) is 19.6. The smallest absolute Gasteiger partial charge is 0.181 e. The number of carbonyl (C=O) groups excluding carboxylic acids is 2. The van der Waals surface area contributed by atoms with E-state index in [9.17, 15) is 22.6 Å². The van der Waals surface area contributed by atoms with Gasteiger partial charge < -0.3 is 4.55 Å². The summed E-state index contributed by atoms with van der Waals surface area (Å²) < 4.78 is 31.2. The van der Waals surface area contributed by atoms with Crippen LogP contribution in [0.5, 0.6) is 0 Å². The monoisotopic (exact) mass is 400 g/mol. The summed E-state index contributed by atoms with van der Waals surface area (Å²) in [6.07, 6.45) is 5.57. The number of unbranched alkanes of at least 4 members (excludes halogenated alkanes) is 2. The predicted molar refractivity (Wildman–Crippen MR) is 104 cm³/mol. The van der Waals surface area contributed by atoms with Crippen LogP contribution in [0.2, 0.25) is 0 Å². The first-order chi connectivity index (χ1) is 12.2. The average Bonchev–Trinajstić information content (AvgIpc) is 2.57. The molecule has 146 valence electrons. The van der Waals surface area contributed by atoms with Crippen LogP contribution >= 0.6 is 0 Å². The van der Waals surface area contributed by atoms with Gasteiger partial charge in [0, 0.05) is 6.42 Å².